The predicted molar refractivity (Wildman–Crippen MR) is 63.8 cm³/mol. The van der Waals surface area contributed by atoms with Gasteiger partial charge in [0.2, 0.25) is 0 Å². The molecule has 14 heavy (non-hydrogen) atoms. The van der Waals surface area contributed by atoms with E-state index in [9.17, 15) is 4.21 Å². The van der Waals surface area contributed by atoms with Crippen molar-refractivity contribution in [2.24, 2.45) is 10.1 Å². The van der Waals surface area contributed by atoms with Crippen LogP contribution in [0.15, 0.2) is 27.1 Å². The first kappa shape index (κ1) is 9.73. The Kier molecular flexibility index (Phi) is 2.16. The van der Waals surface area contributed by atoms with Crippen molar-refractivity contribution in [3.05, 3.63) is 33.8 Å². The number of benzene rings is 1. The molecule has 0 bridgehead atoms. The van der Waals surface area contributed by atoms with E-state index in [0.717, 1.165) is 15.6 Å². The maximum absolute atomic E-state index is 11.7. The number of fused-ring (bicyclic) bond motifs is 1. The van der Waals surface area contributed by atoms with Crippen LogP contribution < -0.4 is 5.73 Å². The number of nitrogens with zero attached hydrogens (tertiary/aromatic N) is 1. The first-order valence-corrected chi connectivity index (χ1v) is 6.62. The Morgan fingerprint density at radius 2 is 2.29 bits per heavy atom. The second kappa shape index (κ2) is 3.10. The molecule has 0 aliphatic carbocycles. The molecule has 0 amide bonds. The monoisotopic (exact) mass is 272 g/mol. The van der Waals surface area contributed by atoms with E-state index in [1.807, 2.05) is 18.2 Å². The first-order chi connectivity index (χ1) is 6.49. The Balaban J connectivity index is 2.74. The zero-order chi connectivity index (χ0) is 10.3. The molecular formula is C9H9BrN2OS. The molecule has 0 saturated carbocycles. The molecule has 74 valence electrons. The minimum absolute atomic E-state index is 0.304. The van der Waals surface area contributed by atoms with Crippen LogP contribution >= 0.6 is 15.9 Å². The molecular weight excluding hydrogens is 264 g/mol. The standard InChI is InChI=1S/C9H9BrN2OS/c1-14(13)5-6-3-2-4-7(10)8(6)9(11)12-14/h2-4H,1,5H2,(H2,11,12,13). The van der Waals surface area contributed by atoms with Crippen molar-refractivity contribution >= 4 is 37.3 Å². The third-order valence-corrected chi connectivity index (χ3v) is 3.95. The highest BCUT2D eigenvalue weighted by atomic mass is 79.9. The van der Waals surface area contributed by atoms with Gasteiger partial charge in [0.15, 0.2) is 0 Å². The summed E-state index contributed by atoms with van der Waals surface area (Å²) in [6, 6.07) is 5.67. The SMILES string of the molecule is C=S1(=O)Cc2cccc(Br)c2C(N)=N1. The van der Waals surface area contributed by atoms with E-state index in [-0.39, 0.29) is 0 Å². The van der Waals surface area contributed by atoms with Gasteiger partial charge < -0.3 is 5.73 Å². The Hall–Kier alpha value is -0.810. The molecule has 0 fully saturated rings. The second-order valence-electron chi connectivity index (χ2n) is 3.17. The number of rotatable bonds is 0. The number of hydrogen-bond acceptors (Lipinski definition) is 2. The summed E-state index contributed by atoms with van der Waals surface area (Å²) in [7, 11) is -2.42. The zero-order valence-corrected chi connectivity index (χ0v) is 9.77. The van der Waals surface area contributed by atoms with Crippen molar-refractivity contribution in [3.8, 4) is 0 Å². The lowest BCUT2D eigenvalue weighted by Gasteiger charge is -2.17. The molecule has 1 aromatic rings. The highest BCUT2D eigenvalue weighted by Crippen LogP contribution is 2.26. The highest BCUT2D eigenvalue weighted by Gasteiger charge is 2.19. The fourth-order valence-electron chi connectivity index (χ4n) is 1.48. The van der Waals surface area contributed by atoms with Crippen LogP contribution in [0.1, 0.15) is 11.1 Å². The predicted octanol–water partition coefficient (Wildman–Crippen LogP) is 1.30. The van der Waals surface area contributed by atoms with Crippen molar-refractivity contribution in [2.45, 2.75) is 5.75 Å². The Morgan fingerprint density at radius 3 is 3.00 bits per heavy atom. The number of hydrogen-bond donors (Lipinski definition) is 1. The van der Waals surface area contributed by atoms with Crippen LogP contribution in [0, 0.1) is 0 Å². The van der Waals surface area contributed by atoms with Crippen LogP contribution in [-0.4, -0.2) is 15.9 Å². The van der Waals surface area contributed by atoms with E-state index in [2.05, 4.69) is 26.2 Å². The molecule has 1 unspecified atom stereocenters. The average Bonchev–Trinajstić information content (AvgIpc) is 2.00. The third kappa shape index (κ3) is 1.57. The quantitative estimate of drug-likeness (QED) is 0.724. The second-order valence-corrected chi connectivity index (χ2v) is 6.04. The smallest absolute Gasteiger partial charge is 0.142 e. The molecule has 0 spiro atoms. The molecule has 5 heteroatoms. The maximum atomic E-state index is 11.7. The van der Waals surface area contributed by atoms with Gasteiger partial charge in [0.1, 0.15) is 5.84 Å². The molecule has 2 rings (SSSR count). The molecule has 0 aromatic heterocycles. The van der Waals surface area contributed by atoms with Crippen molar-refractivity contribution in [2.75, 3.05) is 0 Å². The van der Waals surface area contributed by atoms with Crippen molar-refractivity contribution in [3.63, 3.8) is 0 Å². The van der Waals surface area contributed by atoms with E-state index >= 15 is 0 Å². The lowest BCUT2D eigenvalue weighted by atomic mass is 10.1. The summed E-state index contributed by atoms with van der Waals surface area (Å²) in [6.45, 7) is 0. The molecule has 0 radical (unpaired) electrons. The summed E-state index contributed by atoms with van der Waals surface area (Å²) >= 11 is 3.39. The summed E-state index contributed by atoms with van der Waals surface area (Å²) in [5.74, 6) is 4.22. The van der Waals surface area contributed by atoms with Crippen LogP contribution in [0.2, 0.25) is 0 Å². The van der Waals surface area contributed by atoms with Crippen molar-refractivity contribution in [1.82, 2.24) is 0 Å². The zero-order valence-electron chi connectivity index (χ0n) is 7.37. The number of halogens is 1. The summed E-state index contributed by atoms with van der Waals surface area (Å²) in [5, 5.41) is 0. The Labute approximate surface area is 91.3 Å². The summed E-state index contributed by atoms with van der Waals surface area (Å²) in [6.07, 6.45) is 0. The van der Waals surface area contributed by atoms with Gasteiger partial charge in [0.25, 0.3) is 0 Å². The van der Waals surface area contributed by atoms with Gasteiger partial charge in [-0.2, -0.15) is 4.40 Å². The van der Waals surface area contributed by atoms with Crippen LogP contribution in [0.5, 0.6) is 0 Å². The van der Waals surface area contributed by atoms with Gasteiger partial charge in [-0.1, -0.05) is 28.1 Å². The van der Waals surface area contributed by atoms with Gasteiger partial charge in [0.05, 0.1) is 15.5 Å². The first-order valence-electron chi connectivity index (χ1n) is 3.98. The Morgan fingerprint density at radius 1 is 1.57 bits per heavy atom. The number of nitrogens with two attached hydrogens (primary N) is 1. The van der Waals surface area contributed by atoms with Gasteiger partial charge in [0, 0.05) is 10.0 Å². The molecule has 0 saturated heterocycles. The average molecular weight is 273 g/mol. The van der Waals surface area contributed by atoms with Gasteiger partial charge in [-0.05, 0) is 17.5 Å². The molecule has 2 N–H and O–H groups in total. The van der Waals surface area contributed by atoms with Crippen LogP contribution in [0.3, 0.4) is 0 Å². The van der Waals surface area contributed by atoms with E-state index in [1.165, 1.54) is 0 Å². The molecule has 3 nitrogen and oxygen atoms in total. The summed E-state index contributed by atoms with van der Waals surface area (Å²) in [4.78, 5) is 0. The van der Waals surface area contributed by atoms with Gasteiger partial charge >= 0.3 is 0 Å². The summed E-state index contributed by atoms with van der Waals surface area (Å²) in [5.41, 5.74) is 7.50. The number of amidine groups is 1. The van der Waals surface area contributed by atoms with Gasteiger partial charge in [-0.25, -0.2) is 4.21 Å². The maximum Gasteiger partial charge on any atom is 0.142 e. The van der Waals surface area contributed by atoms with Crippen molar-refractivity contribution < 1.29 is 4.21 Å². The van der Waals surface area contributed by atoms with Gasteiger partial charge in [-0.3, -0.25) is 0 Å². The lowest BCUT2D eigenvalue weighted by molar-refractivity contribution is 0.681. The van der Waals surface area contributed by atoms with E-state index in [1.54, 1.807) is 0 Å². The fourth-order valence-corrected chi connectivity index (χ4v) is 3.33. The largest absolute Gasteiger partial charge is 0.383 e. The fraction of sp³-hybridized carbons (Fsp3) is 0.111. The van der Waals surface area contributed by atoms with E-state index in [0.29, 0.717) is 11.6 Å². The van der Waals surface area contributed by atoms with Crippen molar-refractivity contribution in [1.29, 1.82) is 0 Å². The molecule has 1 aliphatic rings. The molecule has 1 aromatic carbocycles. The lowest BCUT2D eigenvalue weighted by Crippen LogP contribution is -2.24. The van der Waals surface area contributed by atoms with E-state index in [4.69, 9.17) is 5.73 Å². The molecule has 1 aliphatic heterocycles. The van der Waals surface area contributed by atoms with Crippen LogP contribution in [0.4, 0.5) is 0 Å². The normalized spacial score (nSPS) is 25.4. The highest BCUT2D eigenvalue weighted by molar-refractivity contribution is 9.10. The minimum Gasteiger partial charge on any atom is -0.383 e. The minimum atomic E-state index is -2.42. The van der Waals surface area contributed by atoms with Crippen LogP contribution in [0.25, 0.3) is 0 Å². The van der Waals surface area contributed by atoms with Gasteiger partial charge in [-0.15, -0.1) is 0 Å². The third-order valence-electron chi connectivity index (χ3n) is 2.00. The molecule has 1 atom stereocenters. The van der Waals surface area contributed by atoms with Crippen LogP contribution in [-0.2, 0) is 15.5 Å². The molecule has 1 heterocycles. The topological polar surface area (TPSA) is 55.5 Å². The Bertz CT molecular complexity index is 520. The summed E-state index contributed by atoms with van der Waals surface area (Å²) < 4.78 is 16.5. The van der Waals surface area contributed by atoms with E-state index < -0.39 is 9.71 Å².